The minimum atomic E-state index is -3.08. The molecular weight excluding hydrogens is 325 g/mol. The summed E-state index contributed by atoms with van der Waals surface area (Å²) in [6.07, 6.45) is 1.41. The first-order valence-corrected chi connectivity index (χ1v) is 7.69. The van der Waals surface area contributed by atoms with Crippen molar-refractivity contribution in [3.8, 4) is 5.75 Å². The Labute approximate surface area is 138 Å². The first-order chi connectivity index (χ1) is 11.2. The highest BCUT2D eigenvalue weighted by molar-refractivity contribution is 5.75. The fourth-order valence-corrected chi connectivity index (χ4v) is 2.93. The predicted molar refractivity (Wildman–Crippen MR) is 81.3 cm³/mol. The molecule has 1 aromatic carbocycles. The van der Waals surface area contributed by atoms with Crippen molar-refractivity contribution in [2.75, 3.05) is 6.54 Å². The van der Waals surface area contributed by atoms with Gasteiger partial charge in [0, 0.05) is 12.1 Å². The Bertz CT molecular complexity index is 590. The topological polar surface area (TPSA) is 61.8 Å². The van der Waals surface area contributed by atoms with Crippen molar-refractivity contribution < 1.29 is 27.8 Å². The summed E-state index contributed by atoms with van der Waals surface area (Å²) in [6, 6.07) is 2.74. The Kier molecular flexibility index (Phi) is 5.58. The maximum Gasteiger partial charge on any atom is 0.387 e. The molecule has 134 valence electrons. The lowest BCUT2D eigenvalue weighted by Gasteiger charge is -2.33. The molecule has 2 rings (SSSR count). The molecule has 1 aliphatic heterocycles. The van der Waals surface area contributed by atoms with E-state index in [0.717, 1.165) is 12.5 Å². The van der Waals surface area contributed by atoms with Crippen molar-refractivity contribution in [1.82, 2.24) is 10.2 Å². The second kappa shape index (κ2) is 7.29. The van der Waals surface area contributed by atoms with E-state index in [-0.39, 0.29) is 23.9 Å². The molecule has 1 atom stereocenters. The first-order valence-electron chi connectivity index (χ1n) is 7.69. The molecule has 1 heterocycles. The van der Waals surface area contributed by atoms with Crippen molar-refractivity contribution in [2.45, 2.75) is 51.5 Å². The molecule has 0 saturated carbocycles. The van der Waals surface area contributed by atoms with Gasteiger partial charge in [0.1, 0.15) is 11.6 Å². The van der Waals surface area contributed by atoms with Gasteiger partial charge in [-0.25, -0.2) is 9.18 Å². The molecule has 0 radical (unpaired) electrons. The van der Waals surface area contributed by atoms with Crippen LogP contribution in [0.4, 0.5) is 18.0 Å². The lowest BCUT2D eigenvalue weighted by Crippen LogP contribution is -2.51. The Morgan fingerprint density at radius 1 is 1.50 bits per heavy atom. The normalized spacial score (nSPS) is 18.1. The van der Waals surface area contributed by atoms with Gasteiger partial charge in [-0.3, -0.25) is 0 Å². The lowest BCUT2D eigenvalue weighted by molar-refractivity contribution is -0.0506. The van der Waals surface area contributed by atoms with Gasteiger partial charge in [-0.1, -0.05) is 6.07 Å². The number of hydrogen-bond acceptors (Lipinski definition) is 3. The monoisotopic (exact) mass is 346 g/mol. The Morgan fingerprint density at radius 3 is 2.83 bits per heavy atom. The zero-order valence-electron chi connectivity index (χ0n) is 13.6. The molecular formula is C16H21F3N2O3. The average molecular weight is 346 g/mol. The van der Waals surface area contributed by atoms with Crippen LogP contribution in [-0.2, 0) is 6.54 Å². The van der Waals surface area contributed by atoms with Crippen molar-refractivity contribution in [3.63, 3.8) is 0 Å². The van der Waals surface area contributed by atoms with Crippen LogP contribution in [0.5, 0.6) is 5.75 Å². The molecule has 0 bridgehead atoms. The van der Waals surface area contributed by atoms with Gasteiger partial charge in [-0.15, -0.1) is 0 Å². The summed E-state index contributed by atoms with van der Waals surface area (Å²) in [5, 5.41) is 12.6. The molecule has 1 aromatic rings. The molecule has 0 aromatic heterocycles. The van der Waals surface area contributed by atoms with E-state index in [1.807, 2.05) is 0 Å². The highest BCUT2D eigenvalue weighted by Gasteiger charge is 2.38. The fourth-order valence-electron chi connectivity index (χ4n) is 2.93. The van der Waals surface area contributed by atoms with Crippen LogP contribution in [0.3, 0.4) is 0 Å². The molecule has 24 heavy (non-hydrogen) atoms. The third-order valence-corrected chi connectivity index (χ3v) is 4.04. The minimum Gasteiger partial charge on any atom is -0.434 e. The standard InChI is InChI=1S/C16H21F3N2O3/c1-16(2,23)13-7-4-8-21(13)15(22)20-9-10-11(17)5-3-6-12(10)24-14(18)19/h3,5-6,13-14,23H,4,7-9H2,1-2H3,(H,20,22)/t13-/m1/s1. The maximum atomic E-state index is 13.9. The van der Waals surface area contributed by atoms with Crippen LogP contribution in [0.25, 0.3) is 0 Å². The molecule has 0 spiro atoms. The van der Waals surface area contributed by atoms with Gasteiger partial charge >= 0.3 is 12.6 Å². The number of alkyl halides is 2. The van der Waals surface area contributed by atoms with Crippen molar-refractivity contribution in [1.29, 1.82) is 0 Å². The number of benzene rings is 1. The van der Waals surface area contributed by atoms with Crippen LogP contribution in [0.2, 0.25) is 0 Å². The van der Waals surface area contributed by atoms with E-state index >= 15 is 0 Å². The van der Waals surface area contributed by atoms with Gasteiger partial charge in [0.15, 0.2) is 0 Å². The fraction of sp³-hybridized carbons (Fsp3) is 0.562. The highest BCUT2D eigenvalue weighted by Crippen LogP contribution is 2.27. The van der Waals surface area contributed by atoms with Gasteiger partial charge in [0.05, 0.1) is 18.2 Å². The van der Waals surface area contributed by atoms with Crippen LogP contribution in [0, 0.1) is 5.82 Å². The second-order valence-electron chi connectivity index (χ2n) is 6.26. The Hall–Kier alpha value is -1.96. The van der Waals surface area contributed by atoms with Crippen LogP contribution >= 0.6 is 0 Å². The lowest BCUT2D eigenvalue weighted by atomic mass is 9.97. The number of amides is 2. The number of halogens is 3. The smallest absolute Gasteiger partial charge is 0.387 e. The number of likely N-dealkylation sites (tertiary alicyclic amines) is 1. The van der Waals surface area contributed by atoms with E-state index in [1.54, 1.807) is 13.8 Å². The number of urea groups is 1. The number of hydrogen-bond donors (Lipinski definition) is 2. The number of aliphatic hydroxyl groups is 1. The van der Waals surface area contributed by atoms with Crippen LogP contribution in [0.1, 0.15) is 32.3 Å². The van der Waals surface area contributed by atoms with Crippen LogP contribution < -0.4 is 10.1 Å². The number of nitrogens with zero attached hydrogens (tertiary/aromatic N) is 1. The Balaban J connectivity index is 2.07. The molecule has 0 aliphatic carbocycles. The van der Waals surface area contributed by atoms with Crippen molar-refractivity contribution in [3.05, 3.63) is 29.6 Å². The molecule has 2 amide bonds. The summed E-state index contributed by atoms with van der Waals surface area (Å²) in [4.78, 5) is 13.8. The van der Waals surface area contributed by atoms with Gasteiger partial charge in [0.25, 0.3) is 0 Å². The highest BCUT2D eigenvalue weighted by atomic mass is 19.3. The summed E-state index contributed by atoms with van der Waals surface area (Å²) in [6.45, 7) is 0.337. The third kappa shape index (κ3) is 4.31. The first kappa shape index (κ1) is 18.4. The molecule has 8 heteroatoms. The molecule has 2 N–H and O–H groups in total. The van der Waals surface area contributed by atoms with Gasteiger partial charge in [-0.05, 0) is 38.8 Å². The van der Waals surface area contributed by atoms with Crippen LogP contribution in [0.15, 0.2) is 18.2 Å². The summed E-state index contributed by atoms with van der Waals surface area (Å²) < 4.78 is 42.9. The maximum absolute atomic E-state index is 13.9. The molecule has 0 unspecified atom stereocenters. The predicted octanol–water partition coefficient (Wildman–Crippen LogP) is 2.87. The van der Waals surface area contributed by atoms with E-state index < -0.39 is 24.1 Å². The Morgan fingerprint density at radius 2 is 2.21 bits per heavy atom. The van der Waals surface area contributed by atoms with Crippen molar-refractivity contribution in [2.24, 2.45) is 0 Å². The SMILES string of the molecule is CC(C)(O)[C@H]1CCCN1C(=O)NCc1c(F)cccc1OC(F)F. The quantitative estimate of drug-likeness (QED) is 0.862. The molecule has 1 saturated heterocycles. The zero-order valence-corrected chi connectivity index (χ0v) is 13.6. The number of carbonyl (C=O) groups excluding carboxylic acids is 1. The van der Waals surface area contributed by atoms with Gasteiger partial charge < -0.3 is 20.1 Å². The summed E-state index contributed by atoms with van der Waals surface area (Å²) in [5.74, 6) is -1.06. The van der Waals surface area contributed by atoms with Crippen LogP contribution in [-0.4, -0.2) is 40.8 Å². The molecule has 1 fully saturated rings. The summed E-state index contributed by atoms with van der Waals surface area (Å²) >= 11 is 0. The molecule has 5 nitrogen and oxygen atoms in total. The zero-order chi connectivity index (χ0) is 17.9. The largest absolute Gasteiger partial charge is 0.434 e. The van der Waals surface area contributed by atoms with Crippen molar-refractivity contribution >= 4 is 6.03 Å². The van der Waals surface area contributed by atoms with Gasteiger partial charge in [0.2, 0.25) is 0 Å². The number of carbonyl (C=O) groups is 1. The second-order valence-corrected chi connectivity index (χ2v) is 6.26. The average Bonchev–Trinajstić information content (AvgIpc) is 2.95. The molecule has 1 aliphatic rings. The van der Waals surface area contributed by atoms with Gasteiger partial charge in [-0.2, -0.15) is 8.78 Å². The number of ether oxygens (including phenoxy) is 1. The van der Waals surface area contributed by atoms with E-state index in [0.29, 0.717) is 13.0 Å². The van der Waals surface area contributed by atoms with E-state index in [2.05, 4.69) is 10.1 Å². The van der Waals surface area contributed by atoms with E-state index in [1.165, 1.54) is 17.0 Å². The van der Waals surface area contributed by atoms with E-state index in [4.69, 9.17) is 0 Å². The van der Waals surface area contributed by atoms with E-state index in [9.17, 15) is 23.1 Å². The number of nitrogens with one attached hydrogen (secondary N) is 1. The third-order valence-electron chi connectivity index (χ3n) is 4.04. The summed E-state index contributed by atoms with van der Waals surface area (Å²) in [5.41, 5.74) is -1.21. The number of rotatable bonds is 5. The summed E-state index contributed by atoms with van der Waals surface area (Å²) in [7, 11) is 0. The minimum absolute atomic E-state index is 0.148.